The maximum absolute atomic E-state index is 13.3. The summed E-state index contributed by atoms with van der Waals surface area (Å²) in [4.78, 5) is 42.0. The van der Waals surface area contributed by atoms with E-state index in [-0.39, 0.29) is 30.7 Å². The van der Waals surface area contributed by atoms with E-state index in [2.05, 4.69) is 20.9 Å². The van der Waals surface area contributed by atoms with E-state index in [4.69, 9.17) is 15.2 Å². The van der Waals surface area contributed by atoms with Gasteiger partial charge in [-0.2, -0.15) is 0 Å². The number of anilines is 1. The lowest BCUT2D eigenvalue weighted by molar-refractivity contribution is -0.139. The van der Waals surface area contributed by atoms with Crippen molar-refractivity contribution >= 4 is 23.7 Å². The lowest BCUT2D eigenvalue weighted by Crippen LogP contribution is -2.56. The molecule has 0 radical (unpaired) electrons. The van der Waals surface area contributed by atoms with E-state index in [1.807, 2.05) is 38.1 Å². The SMILES string of the molecule is CC(C)[C@H]1COCCCCOc2ccc(cc2)C[C@@H](NC(=O)NC(Cc2ccc(N)nc2)C(=O)O)C(=O)N1. The zero-order chi connectivity index (χ0) is 27.5. The lowest BCUT2D eigenvalue weighted by atomic mass is 10.0. The minimum absolute atomic E-state index is 0.00111. The highest BCUT2D eigenvalue weighted by atomic mass is 16.5. The van der Waals surface area contributed by atoms with Gasteiger partial charge in [-0.15, -0.1) is 0 Å². The summed E-state index contributed by atoms with van der Waals surface area (Å²) >= 11 is 0. The highest BCUT2D eigenvalue weighted by Gasteiger charge is 2.27. The number of nitrogen functional groups attached to an aromatic ring is 1. The topological polar surface area (TPSA) is 165 Å². The Morgan fingerprint density at radius 1 is 1.16 bits per heavy atom. The molecule has 206 valence electrons. The fourth-order valence-electron chi connectivity index (χ4n) is 3.91. The van der Waals surface area contributed by atoms with E-state index in [1.165, 1.54) is 6.20 Å². The van der Waals surface area contributed by atoms with Crippen LogP contribution >= 0.6 is 0 Å². The van der Waals surface area contributed by atoms with Crippen LogP contribution in [-0.4, -0.2) is 65.9 Å². The molecule has 11 nitrogen and oxygen atoms in total. The summed E-state index contributed by atoms with van der Waals surface area (Å²) in [7, 11) is 0. The number of benzene rings is 1. The van der Waals surface area contributed by atoms with Gasteiger partial charge in [0.15, 0.2) is 0 Å². The van der Waals surface area contributed by atoms with Crippen LogP contribution in [0.1, 0.15) is 37.8 Å². The van der Waals surface area contributed by atoms with Gasteiger partial charge in [0.05, 0.1) is 19.3 Å². The second-order valence-electron chi connectivity index (χ2n) is 9.69. The molecule has 1 aromatic heterocycles. The smallest absolute Gasteiger partial charge is 0.326 e. The van der Waals surface area contributed by atoms with Crippen LogP contribution in [0.15, 0.2) is 42.6 Å². The number of aromatic nitrogens is 1. The third kappa shape index (κ3) is 9.22. The van der Waals surface area contributed by atoms with E-state index in [9.17, 15) is 19.5 Å². The van der Waals surface area contributed by atoms with Crippen molar-refractivity contribution in [2.24, 2.45) is 5.92 Å². The summed E-state index contributed by atoms with van der Waals surface area (Å²) in [6, 6.07) is 7.33. The number of carbonyl (C=O) groups excluding carboxylic acids is 2. The van der Waals surface area contributed by atoms with Gasteiger partial charge in [-0.1, -0.05) is 32.0 Å². The summed E-state index contributed by atoms with van der Waals surface area (Å²) in [5.74, 6) is -0.479. The number of pyridine rings is 1. The minimum Gasteiger partial charge on any atom is -0.494 e. The zero-order valence-corrected chi connectivity index (χ0v) is 21.8. The quantitative estimate of drug-likeness (QED) is 0.380. The van der Waals surface area contributed by atoms with Crippen LogP contribution in [0.3, 0.4) is 0 Å². The van der Waals surface area contributed by atoms with Crippen molar-refractivity contribution in [1.29, 1.82) is 0 Å². The average Bonchev–Trinajstić information content (AvgIpc) is 2.87. The van der Waals surface area contributed by atoms with E-state index >= 15 is 0 Å². The number of aliphatic carboxylic acids is 1. The van der Waals surface area contributed by atoms with Gasteiger partial charge in [0, 0.05) is 25.6 Å². The summed E-state index contributed by atoms with van der Waals surface area (Å²) in [5, 5.41) is 17.8. The molecule has 11 heteroatoms. The van der Waals surface area contributed by atoms with Crippen LogP contribution in [0.4, 0.5) is 10.6 Å². The van der Waals surface area contributed by atoms with Crippen molar-refractivity contribution < 1.29 is 29.0 Å². The maximum Gasteiger partial charge on any atom is 0.326 e. The van der Waals surface area contributed by atoms with Gasteiger partial charge in [0.1, 0.15) is 23.7 Å². The molecular weight excluding hydrogens is 490 g/mol. The number of rotatable bonds is 6. The Balaban J connectivity index is 1.75. The third-order valence-electron chi connectivity index (χ3n) is 6.26. The molecule has 1 aromatic carbocycles. The van der Waals surface area contributed by atoms with Gasteiger partial charge in [-0.25, -0.2) is 14.6 Å². The molecule has 38 heavy (non-hydrogen) atoms. The van der Waals surface area contributed by atoms with E-state index in [0.717, 1.165) is 24.2 Å². The minimum atomic E-state index is -1.23. The fraction of sp³-hybridized carbons (Fsp3) is 0.481. The van der Waals surface area contributed by atoms with Crippen molar-refractivity contribution in [3.8, 4) is 5.75 Å². The van der Waals surface area contributed by atoms with Crippen LogP contribution in [0.2, 0.25) is 0 Å². The van der Waals surface area contributed by atoms with Crippen LogP contribution < -0.4 is 26.4 Å². The number of urea groups is 1. The van der Waals surface area contributed by atoms with Crippen molar-refractivity contribution in [2.75, 3.05) is 25.6 Å². The summed E-state index contributed by atoms with van der Waals surface area (Å²) in [6.45, 7) is 5.43. The molecular formula is C27H37N5O6. The predicted octanol–water partition coefficient (Wildman–Crippen LogP) is 1.90. The Morgan fingerprint density at radius 2 is 1.89 bits per heavy atom. The molecule has 2 aliphatic rings. The molecule has 4 rings (SSSR count). The molecule has 0 saturated carbocycles. The second kappa shape index (κ2) is 14.2. The summed E-state index contributed by atoms with van der Waals surface area (Å²) in [5.41, 5.74) is 6.99. The first-order valence-corrected chi connectivity index (χ1v) is 12.8. The summed E-state index contributed by atoms with van der Waals surface area (Å²) < 4.78 is 11.6. The first-order chi connectivity index (χ1) is 18.2. The Kier molecular flexibility index (Phi) is 10.7. The van der Waals surface area contributed by atoms with Gasteiger partial charge in [-0.3, -0.25) is 4.79 Å². The molecule has 3 atom stereocenters. The largest absolute Gasteiger partial charge is 0.494 e. The van der Waals surface area contributed by atoms with E-state index in [1.54, 1.807) is 12.1 Å². The van der Waals surface area contributed by atoms with Gasteiger partial charge >= 0.3 is 12.0 Å². The molecule has 3 heterocycles. The van der Waals surface area contributed by atoms with E-state index in [0.29, 0.717) is 31.2 Å². The number of nitrogens with zero attached hydrogens (tertiary/aromatic N) is 1. The maximum atomic E-state index is 13.3. The Hall–Kier alpha value is -3.86. The predicted molar refractivity (Wildman–Crippen MR) is 142 cm³/mol. The Morgan fingerprint density at radius 3 is 2.55 bits per heavy atom. The molecule has 2 aromatic rings. The number of carboxylic acids is 1. The van der Waals surface area contributed by atoms with Crippen LogP contribution in [0.25, 0.3) is 0 Å². The normalized spacial score (nSPS) is 19.7. The first kappa shape index (κ1) is 28.7. The zero-order valence-electron chi connectivity index (χ0n) is 21.8. The molecule has 0 spiro atoms. The third-order valence-corrected chi connectivity index (χ3v) is 6.26. The Bertz CT molecular complexity index is 1060. The lowest BCUT2D eigenvalue weighted by Gasteiger charge is -2.26. The highest BCUT2D eigenvalue weighted by molar-refractivity contribution is 5.89. The number of nitrogens with one attached hydrogen (secondary N) is 3. The molecule has 0 aliphatic carbocycles. The van der Waals surface area contributed by atoms with Crippen LogP contribution in [0, 0.1) is 5.92 Å². The van der Waals surface area contributed by atoms with Crippen molar-refractivity contribution in [3.05, 3.63) is 53.7 Å². The molecule has 1 unspecified atom stereocenters. The second-order valence-corrected chi connectivity index (χ2v) is 9.69. The number of ether oxygens (including phenoxy) is 2. The molecule has 3 amide bonds. The fourth-order valence-corrected chi connectivity index (χ4v) is 3.91. The number of carbonyl (C=O) groups is 3. The van der Waals surface area contributed by atoms with E-state index < -0.39 is 24.1 Å². The standard InChI is InChI=1S/C27H37N5O6/c1-17(2)23-16-37-11-3-4-12-38-20-8-5-18(6-9-20)13-21(25(33)30-23)31-27(36)32-22(26(34)35)14-19-7-10-24(28)29-15-19/h5-10,15,17,21-23H,3-4,11-14,16H2,1-2H3,(H2,28,29)(H,30,33)(H,34,35)(H2,31,32,36)/t21-,22?,23-/m1/s1. The first-order valence-electron chi connectivity index (χ1n) is 12.8. The number of amides is 3. The number of hydrogen-bond donors (Lipinski definition) is 5. The highest BCUT2D eigenvalue weighted by Crippen LogP contribution is 2.15. The average molecular weight is 528 g/mol. The van der Waals surface area contributed by atoms with Crippen LogP contribution in [0.5, 0.6) is 5.75 Å². The van der Waals surface area contributed by atoms with Crippen LogP contribution in [-0.2, 0) is 27.2 Å². The van der Waals surface area contributed by atoms with Gasteiger partial charge < -0.3 is 36.3 Å². The van der Waals surface area contributed by atoms with Gasteiger partial charge in [-0.05, 0) is 48.1 Å². The number of hydrogen-bond acceptors (Lipinski definition) is 7. The summed E-state index contributed by atoms with van der Waals surface area (Å²) in [6.07, 6.45) is 3.35. The van der Waals surface area contributed by atoms with Crippen molar-refractivity contribution in [2.45, 2.75) is 57.7 Å². The molecule has 0 saturated heterocycles. The van der Waals surface area contributed by atoms with Gasteiger partial charge in [0.2, 0.25) is 5.91 Å². The molecule has 0 fully saturated rings. The number of nitrogens with two attached hydrogens (primary N) is 1. The Labute approximate surface area is 222 Å². The molecule has 2 bridgehead atoms. The molecule has 2 aliphatic heterocycles. The number of fused-ring (bicyclic) bond motifs is 13. The monoisotopic (exact) mass is 527 g/mol. The molecule has 6 N–H and O–H groups in total. The van der Waals surface area contributed by atoms with Crippen molar-refractivity contribution in [3.63, 3.8) is 0 Å². The van der Waals surface area contributed by atoms with Crippen molar-refractivity contribution in [1.82, 2.24) is 20.9 Å². The number of carboxylic acid groups (broad SMARTS) is 1. The van der Waals surface area contributed by atoms with Gasteiger partial charge in [0.25, 0.3) is 0 Å².